The molecule has 4 heterocycles. The molecule has 3 aliphatic heterocycles. The van der Waals surface area contributed by atoms with E-state index in [1.807, 2.05) is 54.6 Å². The van der Waals surface area contributed by atoms with E-state index in [-0.39, 0.29) is 30.6 Å². The van der Waals surface area contributed by atoms with Gasteiger partial charge in [-0.15, -0.1) is 5.10 Å². The van der Waals surface area contributed by atoms with E-state index in [1.54, 1.807) is 11.6 Å². The molecular formula is C28H30BrN5O6. The number of nitrogens with one attached hydrogen (secondary N) is 1. The molecule has 2 bridgehead atoms. The van der Waals surface area contributed by atoms with Crippen LogP contribution in [0.2, 0.25) is 0 Å². The molecule has 12 heteroatoms. The number of carbonyl (C=O) groups is 3. The summed E-state index contributed by atoms with van der Waals surface area (Å²) in [4.78, 5) is 42.6. The Labute approximate surface area is 238 Å². The van der Waals surface area contributed by atoms with E-state index in [2.05, 4.69) is 31.6 Å². The second kappa shape index (κ2) is 10.6. The van der Waals surface area contributed by atoms with Gasteiger partial charge in [0, 0.05) is 4.83 Å². The van der Waals surface area contributed by atoms with Crippen LogP contribution >= 0.6 is 15.9 Å². The summed E-state index contributed by atoms with van der Waals surface area (Å²) in [6, 6.07) is 15.1. The molecule has 1 unspecified atom stereocenters. The normalized spacial score (nSPS) is 29.5. The maximum absolute atomic E-state index is 14.2. The fraction of sp³-hybridized carbons (Fsp3) is 0.464. The van der Waals surface area contributed by atoms with Crippen LogP contribution in [0.3, 0.4) is 0 Å². The van der Waals surface area contributed by atoms with Gasteiger partial charge in [-0.3, -0.25) is 14.4 Å². The van der Waals surface area contributed by atoms with E-state index < -0.39 is 47.5 Å². The van der Waals surface area contributed by atoms with Crippen LogP contribution in [0.4, 0.5) is 0 Å². The van der Waals surface area contributed by atoms with Crippen LogP contribution in [-0.2, 0) is 36.9 Å². The summed E-state index contributed by atoms with van der Waals surface area (Å²) in [6.07, 6.45) is 0.0783. The van der Waals surface area contributed by atoms with Crippen molar-refractivity contribution in [1.82, 2.24) is 25.2 Å². The standard InChI is InChI=1S/C28H30BrN5O6/c1-2-39-27(38)21-22-26(37)34(17(14-35)12-16-8-4-3-5-9-16)24(28(22)13-18(29)23(21)40-28)25(36)30-15-33-20-11-7-6-10-19(20)31-32-33/h3-11,17-18,21-24,35H,2,12-15H2,1H3,(H,30,36)/t17-,18?,21+,22-,23+,24+,28-/m1/s1. The fourth-order valence-electron chi connectivity index (χ4n) is 6.69. The van der Waals surface area contributed by atoms with Crippen LogP contribution in [0.5, 0.6) is 0 Å². The van der Waals surface area contributed by atoms with Gasteiger partial charge in [-0.25, -0.2) is 4.68 Å². The van der Waals surface area contributed by atoms with Crippen molar-refractivity contribution in [3.05, 3.63) is 60.2 Å². The van der Waals surface area contributed by atoms with Gasteiger partial charge in [-0.1, -0.05) is 63.6 Å². The third kappa shape index (κ3) is 4.20. The lowest BCUT2D eigenvalue weighted by Gasteiger charge is -2.36. The second-order valence-electron chi connectivity index (χ2n) is 10.5. The molecule has 6 rings (SSSR count). The monoisotopic (exact) mass is 611 g/mol. The Bertz CT molecular complexity index is 1430. The van der Waals surface area contributed by atoms with Crippen molar-refractivity contribution in [2.45, 2.75) is 55.0 Å². The summed E-state index contributed by atoms with van der Waals surface area (Å²) in [5.41, 5.74) is 1.08. The van der Waals surface area contributed by atoms with Crippen molar-refractivity contribution < 1.29 is 29.0 Å². The van der Waals surface area contributed by atoms with Crippen molar-refractivity contribution in [1.29, 1.82) is 0 Å². The zero-order valence-electron chi connectivity index (χ0n) is 21.9. The minimum atomic E-state index is -1.26. The van der Waals surface area contributed by atoms with Gasteiger partial charge >= 0.3 is 5.97 Å². The number of likely N-dealkylation sites (tertiary alicyclic amines) is 1. The lowest BCUT2D eigenvalue weighted by molar-refractivity contribution is -0.155. The first-order valence-corrected chi connectivity index (χ1v) is 14.3. The summed E-state index contributed by atoms with van der Waals surface area (Å²) in [5, 5.41) is 21.7. The Balaban J connectivity index is 1.36. The number of fused-ring (bicyclic) bond motifs is 2. The van der Waals surface area contributed by atoms with Crippen molar-refractivity contribution in [2.75, 3.05) is 13.2 Å². The van der Waals surface area contributed by atoms with Gasteiger partial charge in [0.25, 0.3) is 0 Å². The van der Waals surface area contributed by atoms with Crippen LogP contribution in [0, 0.1) is 11.8 Å². The minimum Gasteiger partial charge on any atom is -0.466 e. The van der Waals surface area contributed by atoms with E-state index in [9.17, 15) is 19.5 Å². The summed E-state index contributed by atoms with van der Waals surface area (Å²) >= 11 is 3.64. The molecule has 0 radical (unpaired) electrons. The van der Waals surface area contributed by atoms with Crippen LogP contribution in [0.25, 0.3) is 11.0 Å². The van der Waals surface area contributed by atoms with Crippen molar-refractivity contribution in [3.63, 3.8) is 0 Å². The molecule has 7 atom stereocenters. The summed E-state index contributed by atoms with van der Waals surface area (Å²) in [6.45, 7) is 1.52. The first-order chi connectivity index (χ1) is 19.4. The first-order valence-electron chi connectivity index (χ1n) is 13.4. The SMILES string of the molecule is CCOC(=O)[C@@H]1[C@H]2O[C@@]3(CC2Br)[C@H](C(=O)NCn2nnc4ccccc42)N([C@@H](CO)Cc2ccccc2)C(=O)[C@@H]13. The largest absolute Gasteiger partial charge is 0.466 e. The van der Waals surface area contributed by atoms with Crippen LogP contribution in [0.1, 0.15) is 18.9 Å². The average molecular weight is 612 g/mol. The van der Waals surface area contributed by atoms with Crippen LogP contribution in [-0.4, -0.2) is 84.6 Å². The zero-order valence-corrected chi connectivity index (χ0v) is 23.4. The van der Waals surface area contributed by atoms with Gasteiger partial charge in [0.1, 0.15) is 23.8 Å². The highest BCUT2D eigenvalue weighted by molar-refractivity contribution is 9.09. The molecule has 2 aromatic carbocycles. The molecular weight excluding hydrogens is 582 g/mol. The molecule has 40 heavy (non-hydrogen) atoms. The maximum atomic E-state index is 14.2. The van der Waals surface area contributed by atoms with E-state index in [0.717, 1.165) is 11.1 Å². The quantitative estimate of drug-likeness (QED) is 0.274. The molecule has 0 saturated carbocycles. The van der Waals surface area contributed by atoms with Gasteiger partial charge < -0.3 is 24.8 Å². The van der Waals surface area contributed by atoms with E-state index in [1.165, 1.54) is 4.90 Å². The number of hydrogen-bond acceptors (Lipinski definition) is 8. The molecule has 210 valence electrons. The maximum Gasteiger partial charge on any atom is 0.312 e. The third-order valence-corrected chi connectivity index (χ3v) is 9.12. The number of benzene rings is 2. The molecule has 1 aromatic heterocycles. The van der Waals surface area contributed by atoms with E-state index >= 15 is 0 Å². The Kier molecular flexibility index (Phi) is 7.09. The zero-order chi connectivity index (χ0) is 28.0. The number of hydrogen-bond donors (Lipinski definition) is 2. The molecule has 1 spiro atoms. The molecule has 3 aliphatic rings. The van der Waals surface area contributed by atoms with Gasteiger partial charge in [0.15, 0.2) is 0 Å². The number of amides is 2. The lowest BCUT2D eigenvalue weighted by Crippen LogP contribution is -2.58. The number of aliphatic hydroxyl groups excluding tert-OH is 1. The smallest absolute Gasteiger partial charge is 0.312 e. The number of aromatic nitrogens is 3. The molecule has 3 aromatic rings. The van der Waals surface area contributed by atoms with Gasteiger partial charge in [-0.2, -0.15) is 0 Å². The number of alkyl halides is 1. The molecule has 11 nitrogen and oxygen atoms in total. The van der Waals surface area contributed by atoms with Crippen LogP contribution < -0.4 is 5.32 Å². The van der Waals surface area contributed by atoms with Gasteiger partial charge in [0.2, 0.25) is 11.8 Å². The molecule has 2 N–H and O–H groups in total. The van der Waals surface area contributed by atoms with Crippen molar-refractivity contribution in [3.8, 4) is 0 Å². The first kappa shape index (κ1) is 26.9. The Hall–Kier alpha value is -3.35. The number of aliphatic hydroxyl groups is 1. The Morgan fingerprint density at radius 2 is 1.98 bits per heavy atom. The van der Waals surface area contributed by atoms with Gasteiger partial charge in [0.05, 0.1) is 42.7 Å². The molecule has 3 fully saturated rings. The lowest BCUT2D eigenvalue weighted by atomic mass is 9.70. The molecule has 3 saturated heterocycles. The predicted molar refractivity (Wildman–Crippen MR) is 146 cm³/mol. The molecule has 2 amide bonds. The predicted octanol–water partition coefficient (Wildman–Crippen LogP) is 1.42. The number of esters is 1. The van der Waals surface area contributed by atoms with Crippen LogP contribution in [0.15, 0.2) is 54.6 Å². The van der Waals surface area contributed by atoms with Crippen molar-refractivity contribution in [2.24, 2.45) is 11.8 Å². The Morgan fingerprint density at radius 3 is 2.73 bits per heavy atom. The number of carbonyl (C=O) groups excluding carboxylic acids is 3. The fourth-order valence-corrected chi connectivity index (χ4v) is 7.63. The topological polar surface area (TPSA) is 136 Å². The summed E-state index contributed by atoms with van der Waals surface area (Å²) in [5.74, 6) is -3.12. The number of para-hydroxylation sites is 1. The highest BCUT2D eigenvalue weighted by atomic mass is 79.9. The molecule has 0 aliphatic carbocycles. The second-order valence-corrected chi connectivity index (χ2v) is 11.6. The third-order valence-electron chi connectivity index (χ3n) is 8.28. The van der Waals surface area contributed by atoms with Gasteiger partial charge in [-0.05, 0) is 37.5 Å². The van der Waals surface area contributed by atoms with Crippen molar-refractivity contribution >= 4 is 44.7 Å². The minimum absolute atomic E-state index is 0.0174. The van der Waals surface area contributed by atoms with E-state index in [4.69, 9.17) is 9.47 Å². The number of ether oxygens (including phenoxy) is 2. The number of halogens is 1. The highest BCUT2D eigenvalue weighted by Gasteiger charge is 2.77. The average Bonchev–Trinajstić information content (AvgIpc) is 3.68. The summed E-state index contributed by atoms with van der Waals surface area (Å²) in [7, 11) is 0. The summed E-state index contributed by atoms with van der Waals surface area (Å²) < 4.78 is 13.4. The number of rotatable bonds is 9. The number of nitrogens with zero attached hydrogens (tertiary/aromatic N) is 4. The van der Waals surface area contributed by atoms with E-state index in [0.29, 0.717) is 18.4 Å². The Morgan fingerprint density at radius 1 is 1.23 bits per heavy atom. The highest BCUT2D eigenvalue weighted by Crippen LogP contribution is 2.60.